The SMILES string of the molecule is C=C(C=Cc1cc2c(cc1C)[n+]1c3n2NCC3(C)C1)c1cc(O)c(C(CC)(CC)C2(CC)CNn3c2nc2cc(C(c4ccc(CC(=C)c5cc(O)c(C(C)(CC)CC)cc5O)c(C)c4)(C(F)(F)F)C(F)(F)F)ccc23)cc1O. The molecule has 0 radical (unpaired) electrons. The van der Waals surface area contributed by atoms with Gasteiger partial charge in [0.05, 0.1) is 23.0 Å². The van der Waals surface area contributed by atoms with E-state index in [9.17, 15) is 20.4 Å². The normalized spacial score (nSPS) is 18.3. The van der Waals surface area contributed by atoms with E-state index in [1.54, 1.807) is 16.8 Å². The van der Waals surface area contributed by atoms with Gasteiger partial charge in [0.1, 0.15) is 40.8 Å². The van der Waals surface area contributed by atoms with Crippen molar-refractivity contribution in [3.05, 3.63) is 159 Å². The van der Waals surface area contributed by atoms with Crippen LogP contribution in [-0.2, 0) is 40.0 Å². The van der Waals surface area contributed by atoms with Crippen LogP contribution >= 0.6 is 0 Å². The van der Waals surface area contributed by atoms with Crippen molar-refractivity contribution in [1.29, 1.82) is 0 Å². The van der Waals surface area contributed by atoms with Crippen LogP contribution in [0.3, 0.4) is 0 Å². The van der Waals surface area contributed by atoms with Crippen molar-refractivity contribution in [2.24, 2.45) is 0 Å². The fourth-order valence-electron chi connectivity index (χ4n) is 13.8. The first-order valence-electron chi connectivity index (χ1n) is 27.2. The molecule has 3 aliphatic heterocycles. The number of imidazole rings is 2. The second-order valence-electron chi connectivity index (χ2n) is 22.9. The molecule has 7 aromatic rings. The number of aromatic hydroxyl groups is 4. The van der Waals surface area contributed by atoms with Gasteiger partial charge < -0.3 is 25.9 Å². The Bertz CT molecular complexity index is 3690. The fraction of sp³-hybridized carbons (Fsp3) is 0.397. The first-order valence-corrected chi connectivity index (χ1v) is 27.2. The molecule has 0 amide bonds. The molecule has 416 valence electrons. The van der Waals surface area contributed by atoms with E-state index in [-0.39, 0.29) is 63.5 Å². The second-order valence-corrected chi connectivity index (χ2v) is 22.9. The summed E-state index contributed by atoms with van der Waals surface area (Å²) in [6.45, 7) is 27.9. The highest BCUT2D eigenvalue weighted by atomic mass is 19.4. The lowest BCUT2D eigenvalue weighted by Crippen LogP contribution is -2.61. The molecule has 5 aromatic carbocycles. The molecule has 79 heavy (non-hydrogen) atoms. The van der Waals surface area contributed by atoms with Gasteiger partial charge in [-0.25, -0.2) is 14.2 Å². The van der Waals surface area contributed by atoms with Gasteiger partial charge in [0.15, 0.2) is 5.52 Å². The number of aromatic nitrogens is 4. The number of alkyl halides is 6. The Morgan fingerprint density at radius 2 is 1.32 bits per heavy atom. The standard InChI is InChI=1S/C63H68F6N6O4/c1-12-57(10,13-2)45-30-51(76)44(29-53(45)78)38(9)23-39-19-20-41(24-36(39)7)61(62(64,65)66,63(67,68)69)42-21-22-48-47(27-42)72-55-60(16-5,33-71-74(48)55)59(14-3,15-4)46-31-52(77)43(28-54(46)79)35(6)17-18-40-26-50-49(25-37(40)8)73-34-58(11)32-70-75(50)56(58)73/h17-22,24-31,70-71H,6,9,12-16,23,32-34H2,1-5,7-8,10-11H3,(H3-,76,77,78,79)/p+1. The largest absolute Gasteiger partial charge is 0.508 e. The summed E-state index contributed by atoms with van der Waals surface area (Å²) < 4.78 is 101. The van der Waals surface area contributed by atoms with Crippen LogP contribution in [0, 0.1) is 13.8 Å². The maximum absolute atomic E-state index is 15.8. The summed E-state index contributed by atoms with van der Waals surface area (Å²) in [4.78, 5) is 4.92. The topological polar surface area (TPSA) is 132 Å². The van der Waals surface area contributed by atoms with Gasteiger partial charge in [0.25, 0.3) is 5.82 Å². The zero-order valence-corrected chi connectivity index (χ0v) is 46.2. The molecule has 3 aliphatic rings. The number of phenols is 4. The predicted molar refractivity (Wildman–Crippen MR) is 299 cm³/mol. The molecule has 2 aromatic heterocycles. The smallest absolute Gasteiger partial charge is 0.411 e. The maximum atomic E-state index is 15.8. The molecule has 0 aliphatic carbocycles. The lowest BCUT2D eigenvalue weighted by Gasteiger charge is -2.47. The number of hydrogen-bond donors (Lipinski definition) is 6. The molecule has 10 nitrogen and oxygen atoms in total. The van der Waals surface area contributed by atoms with E-state index in [0.717, 1.165) is 59.5 Å². The molecular weight excluding hydrogens is 1020 g/mol. The van der Waals surface area contributed by atoms with Gasteiger partial charge >= 0.3 is 12.4 Å². The van der Waals surface area contributed by atoms with Gasteiger partial charge in [0.2, 0.25) is 10.9 Å². The monoisotopic (exact) mass is 1090 g/mol. The molecule has 0 fully saturated rings. The minimum absolute atomic E-state index is 0.0440. The maximum Gasteiger partial charge on any atom is 0.411 e. The van der Waals surface area contributed by atoms with Crippen molar-refractivity contribution in [2.75, 3.05) is 23.9 Å². The third-order valence-electron chi connectivity index (χ3n) is 19.0. The molecule has 10 rings (SSSR count). The molecule has 0 saturated heterocycles. The number of hydrogen-bond acceptors (Lipinski definition) is 7. The lowest BCUT2D eigenvalue weighted by atomic mass is 9.55. The first kappa shape index (κ1) is 55.0. The zero-order chi connectivity index (χ0) is 57.3. The molecule has 5 heterocycles. The summed E-state index contributed by atoms with van der Waals surface area (Å²) in [5.74, 6) is 1.17. The Morgan fingerprint density at radius 3 is 1.95 bits per heavy atom. The van der Waals surface area contributed by atoms with Gasteiger partial charge in [-0.1, -0.05) is 91.1 Å². The third-order valence-corrected chi connectivity index (χ3v) is 19.0. The molecule has 6 N–H and O–H groups in total. The van der Waals surface area contributed by atoms with Crippen molar-refractivity contribution in [2.45, 2.75) is 147 Å². The van der Waals surface area contributed by atoms with E-state index >= 15 is 26.3 Å². The van der Waals surface area contributed by atoms with Crippen LogP contribution in [0.2, 0.25) is 0 Å². The summed E-state index contributed by atoms with van der Waals surface area (Å²) in [6, 6.07) is 16.1. The first-order chi connectivity index (χ1) is 37.1. The molecule has 2 unspecified atom stereocenters. The summed E-state index contributed by atoms with van der Waals surface area (Å²) in [5, 5.41) is 46.1. The summed E-state index contributed by atoms with van der Waals surface area (Å²) in [6.07, 6.45) is -5.52. The van der Waals surface area contributed by atoms with E-state index in [4.69, 9.17) is 4.98 Å². The molecule has 16 heteroatoms. The van der Waals surface area contributed by atoms with Crippen LogP contribution in [0.15, 0.2) is 92.0 Å². The Labute approximate surface area is 456 Å². The van der Waals surface area contributed by atoms with Crippen LogP contribution in [0.25, 0.3) is 39.3 Å². The van der Waals surface area contributed by atoms with E-state index in [1.807, 2.05) is 54.5 Å². The van der Waals surface area contributed by atoms with Crippen LogP contribution in [0.1, 0.15) is 148 Å². The van der Waals surface area contributed by atoms with Gasteiger partial charge in [0, 0.05) is 34.2 Å². The van der Waals surface area contributed by atoms with Crippen LogP contribution in [0.5, 0.6) is 23.0 Å². The molecule has 2 atom stereocenters. The van der Waals surface area contributed by atoms with Crippen molar-refractivity contribution in [3.8, 4) is 23.0 Å². The molecule has 0 spiro atoms. The quantitative estimate of drug-likeness (QED) is 0.0246. The van der Waals surface area contributed by atoms with E-state index < -0.39 is 45.1 Å². The average Bonchev–Trinajstić information content (AvgIpc) is 4.30. The van der Waals surface area contributed by atoms with E-state index in [0.29, 0.717) is 71.3 Å². The second kappa shape index (κ2) is 18.6. The van der Waals surface area contributed by atoms with Gasteiger partial charge in [-0.3, -0.25) is 5.43 Å². The number of halogens is 6. The summed E-state index contributed by atoms with van der Waals surface area (Å²) in [7, 11) is 0. The Kier molecular flexibility index (Phi) is 13.0. The summed E-state index contributed by atoms with van der Waals surface area (Å²) >= 11 is 0. The van der Waals surface area contributed by atoms with E-state index in [2.05, 4.69) is 52.3 Å². The highest BCUT2D eigenvalue weighted by Crippen LogP contribution is 2.59. The van der Waals surface area contributed by atoms with E-state index in [1.165, 1.54) is 43.1 Å². The van der Waals surface area contributed by atoms with Crippen LogP contribution in [0.4, 0.5) is 26.3 Å². The van der Waals surface area contributed by atoms with Gasteiger partial charge in [-0.15, -0.1) is 4.68 Å². The highest BCUT2D eigenvalue weighted by Gasteiger charge is 2.73. The number of benzene rings is 5. The highest BCUT2D eigenvalue weighted by molar-refractivity contribution is 5.85. The number of nitrogens with zero attached hydrogens (tertiary/aromatic N) is 4. The predicted octanol–water partition coefficient (Wildman–Crippen LogP) is 14.0. The minimum atomic E-state index is -5.89. The Morgan fingerprint density at radius 1 is 0.709 bits per heavy atom. The van der Waals surface area contributed by atoms with Crippen molar-refractivity contribution < 1.29 is 51.3 Å². The number of fused-ring (bicyclic) bond motifs is 6. The fourth-order valence-corrected chi connectivity index (χ4v) is 13.8. The van der Waals surface area contributed by atoms with Gasteiger partial charge in [-0.2, -0.15) is 26.3 Å². The summed E-state index contributed by atoms with van der Waals surface area (Å²) in [5.41, 5.74) is 5.11. The van der Waals surface area contributed by atoms with Gasteiger partial charge in [-0.05, 0) is 158 Å². The third kappa shape index (κ3) is 7.79. The minimum Gasteiger partial charge on any atom is -0.508 e. The number of aryl methyl sites for hydroxylation is 2. The average molecular weight is 1090 g/mol. The van der Waals surface area contributed by atoms with Crippen molar-refractivity contribution in [3.63, 3.8) is 0 Å². The molecule has 0 saturated carbocycles. The molecular formula is C63H69F6N6O4+. The van der Waals surface area contributed by atoms with Crippen LogP contribution < -0.4 is 15.4 Å². The van der Waals surface area contributed by atoms with Crippen molar-refractivity contribution in [1.82, 2.24) is 14.3 Å². The zero-order valence-electron chi connectivity index (χ0n) is 46.2. The number of rotatable bonds is 16. The lowest BCUT2D eigenvalue weighted by molar-refractivity contribution is -0.735. The van der Waals surface area contributed by atoms with Crippen molar-refractivity contribution >= 4 is 39.3 Å². The van der Waals surface area contributed by atoms with Crippen LogP contribution in [-0.4, -0.2) is 60.2 Å². The Balaban J connectivity index is 0.983. The number of phenolic OH excluding ortho intramolecular Hbond substituents is 4. The number of allylic oxidation sites excluding steroid dienone is 3. The number of nitrogens with one attached hydrogen (secondary N) is 2. The molecule has 0 bridgehead atoms. The Hall–Kier alpha value is -7.36.